The number of rotatable bonds is 7. The minimum Gasteiger partial charge on any atom is -0.340 e. The number of carbonyl (C=O) groups excluding carboxylic acids is 4. The van der Waals surface area contributed by atoms with Crippen LogP contribution in [-0.2, 0) is 15.0 Å². The Morgan fingerprint density at radius 2 is 1.79 bits per heavy atom. The maximum atomic E-state index is 13.9. The van der Waals surface area contributed by atoms with Crippen LogP contribution in [0, 0.1) is 5.92 Å². The molecule has 2 saturated heterocycles. The summed E-state index contributed by atoms with van der Waals surface area (Å²) in [5.74, 6) is -0.880. The molecule has 0 unspecified atom stereocenters. The van der Waals surface area contributed by atoms with Crippen LogP contribution < -0.4 is 5.32 Å². The van der Waals surface area contributed by atoms with Gasteiger partial charge in [0, 0.05) is 34.9 Å². The maximum Gasteiger partial charge on any atom is 0.256 e. The van der Waals surface area contributed by atoms with Crippen LogP contribution in [0.2, 0.25) is 0 Å². The first-order valence-corrected chi connectivity index (χ1v) is 15.4. The van der Waals surface area contributed by atoms with Gasteiger partial charge in [0.15, 0.2) is 5.78 Å². The summed E-state index contributed by atoms with van der Waals surface area (Å²) < 4.78 is 0. The van der Waals surface area contributed by atoms with Crippen molar-refractivity contribution in [2.24, 2.45) is 5.92 Å². The van der Waals surface area contributed by atoms with Crippen molar-refractivity contribution in [3.63, 3.8) is 0 Å². The van der Waals surface area contributed by atoms with Gasteiger partial charge in [-0.1, -0.05) is 52.8 Å². The van der Waals surface area contributed by atoms with Gasteiger partial charge in [0.1, 0.15) is 12.1 Å². The van der Waals surface area contributed by atoms with Gasteiger partial charge < -0.3 is 15.1 Å². The first kappa shape index (κ1) is 29.6. The number of nitrogens with one attached hydrogen (secondary N) is 1. The van der Waals surface area contributed by atoms with Crippen molar-refractivity contribution in [2.75, 3.05) is 13.1 Å². The Labute approximate surface area is 251 Å². The van der Waals surface area contributed by atoms with Crippen molar-refractivity contribution in [3.8, 4) is 10.4 Å². The van der Waals surface area contributed by atoms with Gasteiger partial charge in [-0.25, -0.2) is 0 Å². The summed E-state index contributed by atoms with van der Waals surface area (Å²) in [4.78, 5) is 62.4. The maximum absolute atomic E-state index is 13.9. The van der Waals surface area contributed by atoms with Gasteiger partial charge in [0.25, 0.3) is 11.8 Å². The lowest BCUT2D eigenvalue weighted by Gasteiger charge is -2.29. The molecule has 4 heterocycles. The molecule has 0 radical (unpaired) electrons. The van der Waals surface area contributed by atoms with Gasteiger partial charge >= 0.3 is 0 Å². The molecule has 8 nitrogen and oxygen atoms in total. The van der Waals surface area contributed by atoms with Gasteiger partial charge in [0.2, 0.25) is 5.91 Å². The number of Topliss-reactive ketones (excluding diaryl/α,β-unsaturated/α-hetero) is 1. The van der Waals surface area contributed by atoms with Gasteiger partial charge in [-0.2, -0.15) is 0 Å². The van der Waals surface area contributed by atoms with E-state index in [2.05, 4.69) is 31.1 Å². The van der Waals surface area contributed by atoms with Crippen LogP contribution in [-0.4, -0.2) is 69.5 Å². The van der Waals surface area contributed by atoms with E-state index in [9.17, 15) is 19.2 Å². The standard InChI is InChI=1S/C33H38N4O4S/c1-20(2)15-25(35-30(39)21-8-10-24(11-9-21)33(3,4)5)32(41)36-13-12-26-29(36)27(38)19-37(26)31(40)23-16-22(17-34-18-23)28-7-6-14-42-28/h6-11,14,16-18,20,25-26,29H,12-13,15,19H2,1-5H3,(H,35,39)/t25-,26+,29-/m0/s1. The minimum absolute atomic E-state index is 0.0378. The molecule has 0 spiro atoms. The van der Waals surface area contributed by atoms with Crippen LogP contribution in [0.3, 0.4) is 0 Å². The highest BCUT2D eigenvalue weighted by molar-refractivity contribution is 7.13. The smallest absolute Gasteiger partial charge is 0.256 e. The fourth-order valence-electron chi connectivity index (χ4n) is 5.90. The first-order valence-electron chi connectivity index (χ1n) is 14.5. The van der Waals surface area contributed by atoms with Crippen LogP contribution in [0.25, 0.3) is 10.4 Å². The Balaban J connectivity index is 1.31. The van der Waals surface area contributed by atoms with E-state index in [0.29, 0.717) is 30.5 Å². The van der Waals surface area contributed by atoms with Gasteiger partial charge in [0.05, 0.1) is 18.2 Å². The van der Waals surface area contributed by atoms with Crippen molar-refractivity contribution in [1.82, 2.24) is 20.1 Å². The van der Waals surface area contributed by atoms with Gasteiger partial charge in [-0.05, 0) is 59.4 Å². The number of fused-ring (bicyclic) bond motifs is 1. The zero-order valence-electron chi connectivity index (χ0n) is 24.8. The van der Waals surface area contributed by atoms with E-state index in [4.69, 9.17) is 0 Å². The molecular formula is C33H38N4O4S. The number of nitrogens with zero attached hydrogens (tertiary/aromatic N) is 3. The fourth-order valence-corrected chi connectivity index (χ4v) is 6.60. The summed E-state index contributed by atoms with van der Waals surface area (Å²) in [7, 11) is 0. The molecule has 2 fully saturated rings. The van der Waals surface area contributed by atoms with Crippen LogP contribution in [0.5, 0.6) is 0 Å². The predicted molar refractivity (Wildman–Crippen MR) is 163 cm³/mol. The number of aromatic nitrogens is 1. The third-order valence-corrected chi connectivity index (χ3v) is 9.00. The average Bonchev–Trinajstić information content (AvgIpc) is 3.71. The Bertz CT molecular complexity index is 1480. The lowest BCUT2D eigenvalue weighted by molar-refractivity contribution is -0.138. The van der Waals surface area contributed by atoms with E-state index in [0.717, 1.165) is 16.0 Å². The van der Waals surface area contributed by atoms with Crippen molar-refractivity contribution in [2.45, 2.75) is 71.0 Å². The molecule has 0 saturated carbocycles. The van der Waals surface area contributed by atoms with Crippen molar-refractivity contribution < 1.29 is 19.2 Å². The van der Waals surface area contributed by atoms with E-state index in [1.165, 1.54) is 6.20 Å². The summed E-state index contributed by atoms with van der Waals surface area (Å²) in [5.41, 5.74) is 2.83. The molecule has 0 bridgehead atoms. The molecule has 3 amide bonds. The molecule has 2 aliphatic rings. The second-order valence-corrected chi connectivity index (χ2v) is 13.6. The van der Waals surface area contributed by atoms with Crippen LogP contribution in [0.15, 0.2) is 60.2 Å². The largest absolute Gasteiger partial charge is 0.340 e. The second kappa shape index (κ2) is 11.8. The van der Waals surface area contributed by atoms with E-state index < -0.39 is 18.1 Å². The minimum atomic E-state index is -0.775. The topological polar surface area (TPSA) is 99.7 Å². The number of carbonyl (C=O) groups is 4. The molecule has 3 aromatic rings. The Morgan fingerprint density at radius 1 is 1.05 bits per heavy atom. The molecule has 1 aromatic carbocycles. The van der Waals surface area contributed by atoms with E-state index in [1.54, 1.807) is 45.5 Å². The molecule has 2 aliphatic heterocycles. The SMILES string of the molecule is CC(C)C[C@H](NC(=O)c1ccc(C(C)(C)C)cc1)C(=O)N1CC[C@@H]2[C@H]1C(=O)CN2C(=O)c1cncc(-c2cccs2)c1. The van der Waals surface area contributed by atoms with Crippen LogP contribution in [0.4, 0.5) is 0 Å². The monoisotopic (exact) mass is 586 g/mol. The van der Waals surface area contributed by atoms with E-state index in [1.807, 2.05) is 43.5 Å². The number of ketones is 1. The number of amides is 3. The fraction of sp³-hybridized carbons (Fsp3) is 0.424. The normalized spacial score (nSPS) is 19.2. The molecule has 220 valence electrons. The lowest BCUT2D eigenvalue weighted by atomic mass is 9.86. The summed E-state index contributed by atoms with van der Waals surface area (Å²) in [6.45, 7) is 10.6. The average molecular weight is 587 g/mol. The van der Waals surface area contributed by atoms with Crippen LogP contribution >= 0.6 is 11.3 Å². The molecule has 5 rings (SSSR count). The number of hydrogen-bond acceptors (Lipinski definition) is 6. The van der Waals surface area contributed by atoms with Gasteiger partial charge in [-0.15, -0.1) is 11.3 Å². The lowest BCUT2D eigenvalue weighted by Crippen LogP contribution is -2.53. The zero-order chi connectivity index (χ0) is 30.2. The number of likely N-dealkylation sites (tertiary alicyclic amines) is 2. The second-order valence-electron chi connectivity index (χ2n) is 12.7. The summed E-state index contributed by atoms with van der Waals surface area (Å²) in [5, 5.41) is 4.91. The number of benzene rings is 1. The molecule has 1 N–H and O–H groups in total. The highest BCUT2D eigenvalue weighted by atomic mass is 32.1. The highest BCUT2D eigenvalue weighted by Gasteiger charge is 2.52. The third-order valence-electron chi connectivity index (χ3n) is 8.08. The van der Waals surface area contributed by atoms with Crippen molar-refractivity contribution in [1.29, 1.82) is 0 Å². The summed E-state index contributed by atoms with van der Waals surface area (Å²) >= 11 is 1.57. The quantitative estimate of drug-likeness (QED) is 0.423. The zero-order valence-corrected chi connectivity index (χ0v) is 25.6. The number of pyridine rings is 1. The highest BCUT2D eigenvalue weighted by Crippen LogP contribution is 2.33. The Hall–Kier alpha value is -3.85. The van der Waals surface area contributed by atoms with Crippen molar-refractivity contribution in [3.05, 3.63) is 76.9 Å². The summed E-state index contributed by atoms with van der Waals surface area (Å²) in [6.07, 6.45) is 4.19. The third kappa shape index (κ3) is 6.02. The number of thiophene rings is 1. The Morgan fingerprint density at radius 3 is 2.43 bits per heavy atom. The molecule has 9 heteroatoms. The molecule has 3 atom stereocenters. The predicted octanol–water partition coefficient (Wildman–Crippen LogP) is 4.95. The number of hydrogen-bond donors (Lipinski definition) is 1. The Kier molecular flexibility index (Phi) is 8.32. The van der Waals surface area contributed by atoms with E-state index >= 15 is 0 Å². The molecule has 2 aromatic heterocycles. The molecule has 42 heavy (non-hydrogen) atoms. The van der Waals surface area contributed by atoms with Crippen LogP contribution in [0.1, 0.15) is 73.7 Å². The van der Waals surface area contributed by atoms with E-state index in [-0.39, 0.29) is 41.4 Å². The first-order chi connectivity index (χ1) is 19.9. The summed E-state index contributed by atoms with van der Waals surface area (Å²) in [6, 6.07) is 11.3. The van der Waals surface area contributed by atoms with Gasteiger partial charge in [-0.3, -0.25) is 24.2 Å². The molecular weight excluding hydrogens is 548 g/mol. The molecule has 0 aliphatic carbocycles. The van der Waals surface area contributed by atoms with Crippen molar-refractivity contribution >= 4 is 34.8 Å².